The molecule has 1 atom stereocenters. The minimum absolute atomic E-state index is 0.645. The van der Waals surface area contributed by atoms with E-state index in [0.717, 1.165) is 37.6 Å². The summed E-state index contributed by atoms with van der Waals surface area (Å²) in [4.78, 5) is 0. The lowest BCUT2D eigenvalue weighted by Gasteiger charge is -2.11. The largest absolute Gasteiger partial charge is 0.399 e. The average Bonchev–Trinajstić information content (AvgIpc) is 2.65. The molecule has 3 N–H and O–H groups in total. The minimum atomic E-state index is 0.645. The van der Waals surface area contributed by atoms with Crippen LogP contribution >= 0.6 is 0 Å². The maximum Gasteiger partial charge on any atom is 0.0511 e. The van der Waals surface area contributed by atoms with Gasteiger partial charge in [-0.05, 0) is 37.1 Å². The van der Waals surface area contributed by atoms with Crippen molar-refractivity contribution in [1.29, 1.82) is 0 Å². The van der Waals surface area contributed by atoms with Crippen molar-refractivity contribution in [2.75, 3.05) is 30.8 Å². The van der Waals surface area contributed by atoms with Crippen molar-refractivity contribution in [1.82, 2.24) is 0 Å². The van der Waals surface area contributed by atoms with Crippen molar-refractivity contribution in [2.45, 2.75) is 13.3 Å². The van der Waals surface area contributed by atoms with Gasteiger partial charge in [0.25, 0.3) is 0 Å². The van der Waals surface area contributed by atoms with Crippen molar-refractivity contribution in [3.63, 3.8) is 0 Å². The van der Waals surface area contributed by atoms with Gasteiger partial charge in [0.15, 0.2) is 0 Å². The fourth-order valence-corrected chi connectivity index (χ4v) is 1.92. The van der Waals surface area contributed by atoms with Crippen LogP contribution in [0.4, 0.5) is 11.4 Å². The van der Waals surface area contributed by atoms with E-state index in [0.29, 0.717) is 5.92 Å². The van der Waals surface area contributed by atoms with Gasteiger partial charge in [0.1, 0.15) is 0 Å². The van der Waals surface area contributed by atoms with Crippen LogP contribution in [0.2, 0.25) is 0 Å². The molecule has 1 heterocycles. The molecule has 1 aromatic carbocycles. The summed E-state index contributed by atoms with van der Waals surface area (Å²) in [6.07, 6.45) is 1.16. The summed E-state index contributed by atoms with van der Waals surface area (Å²) >= 11 is 0. The van der Waals surface area contributed by atoms with Gasteiger partial charge in [0.05, 0.1) is 6.61 Å². The first-order chi connectivity index (χ1) is 7.24. The predicted octanol–water partition coefficient (Wildman–Crippen LogP) is 2.03. The molecule has 82 valence electrons. The number of hydrogen-bond acceptors (Lipinski definition) is 3. The lowest BCUT2D eigenvalue weighted by molar-refractivity contribution is 0.187. The number of anilines is 2. The van der Waals surface area contributed by atoms with Crippen LogP contribution in [0.5, 0.6) is 0 Å². The first-order valence-corrected chi connectivity index (χ1v) is 5.43. The topological polar surface area (TPSA) is 47.3 Å². The minimum Gasteiger partial charge on any atom is -0.399 e. The third kappa shape index (κ3) is 2.86. The second kappa shape index (κ2) is 4.53. The van der Waals surface area contributed by atoms with Crippen LogP contribution in [-0.2, 0) is 4.74 Å². The summed E-state index contributed by atoms with van der Waals surface area (Å²) in [5.74, 6) is 0.645. The Kier molecular flexibility index (Phi) is 3.11. The highest BCUT2D eigenvalue weighted by Gasteiger charge is 2.14. The summed E-state index contributed by atoms with van der Waals surface area (Å²) in [7, 11) is 0. The van der Waals surface area contributed by atoms with Gasteiger partial charge in [0.2, 0.25) is 0 Å². The average molecular weight is 206 g/mol. The highest BCUT2D eigenvalue weighted by Crippen LogP contribution is 2.18. The number of nitrogens with one attached hydrogen (secondary N) is 1. The second-order valence-electron chi connectivity index (χ2n) is 4.24. The van der Waals surface area contributed by atoms with E-state index in [2.05, 4.69) is 18.3 Å². The lowest BCUT2D eigenvalue weighted by atomic mass is 10.1. The third-order valence-electron chi connectivity index (χ3n) is 2.72. The third-order valence-corrected chi connectivity index (χ3v) is 2.72. The monoisotopic (exact) mass is 206 g/mol. The zero-order chi connectivity index (χ0) is 10.7. The normalized spacial score (nSPS) is 20.5. The van der Waals surface area contributed by atoms with Crippen molar-refractivity contribution in [3.8, 4) is 0 Å². The molecule has 3 nitrogen and oxygen atoms in total. The van der Waals surface area contributed by atoms with Gasteiger partial charge in [0, 0.05) is 30.4 Å². The van der Waals surface area contributed by atoms with Crippen LogP contribution in [0.3, 0.4) is 0 Å². The molecule has 0 aromatic heterocycles. The van der Waals surface area contributed by atoms with Gasteiger partial charge < -0.3 is 15.8 Å². The molecule has 3 heteroatoms. The number of benzene rings is 1. The van der Waals surface area contributed by atoms with Crippen LogP contribution in [-0.4, -0.2) is 19.8 Å². The van der Waals surface area contributed by atoms with Crippen LogP contribution in [0.15, 0.2) is 18.2 Å². The summed E-state index contributed by atoms with van der Waals surface area (Å²) in [5, 5.41) is 3.41. The lowest BCUT2D eigenvalue weighted by Crippen LogP contribution is -2.14. The van der Waals surface area contributed by atoms with Crippen molar-refractivity contribution < 1.29 is 4.74 Å². The fourth-order valence-electron chi connectivity index (χ4n) is 1.92. The number of ether oxygens (including phenoxy) is 1. The Labute approximate surface area is 90.6 Å². The van der Waals surface area contributed by atoms with Gasteiger partial charge in [-0.25, -0.2) is 0 Å². The Morgan fingerprint density at radius 1 is 1.47 bits per heavy atom. The number of hydrogen-bond donors (Lipinski definition) is 2. The second-order valence-corrected chi connectivity index (χ2v) is 4.24. The van der Waals surface area contributed by atoms with E-state index in [-0.39, 0.29) is 0 Å². The van der Waals surface area contributed by atoms with Gasteiger partial charge >= 0.3 is 0 Å². The highest BCUT2D eigenvalue weighted by molar-refractivity contribution is 5.56. The molecule has 1 aliphatic rings. The molecule has 1 saturated heterocycles. The van der Waals surface area contributed by atoms with E-state index in [9.17, 15) is 0 Å². The van der Waals surface area contributed by atoms with E-state index in [1.807, 2.05) is 12.1 Å². The molecule has 0 radical (unpaired) electrons. The smallest absolute Gasteiger partial charge is 0.0511 e. The summed E-state index contributed by atoms with van der Waals surface area (Å²) < 4.78 is 5.33. The molecule has 0 aliphatic carbocycles. The first kappa shape index (κ1) is 10.3. The molecular formula is C12H18N2O. The first-order valence-electron chi connectivity index (χ1n) is 5.43. The van der Waals surface area contributed by atoms with Crippen LogP contribution in [0.25, 0.3) is 0 Å². The van der Waals surface area contributed by atoms with E-state index >= 15 is 0 Å². The maximum atomic E-state index is 5.78. The molecule has 1 unspecified atom stereocenters. The Bertz CT molecular complexity index is 312. The van der Waals surface area contributed by atoms with Gasteiger partial charge in [-0.15, -0.1) is 0 Å². The van der Waals surface area contributed by atoms with E-state index in [1.165, 1.54) is 5.56 Å². The molecule has 0 amide bonds. The van der Waals surface area contributed by atoms with Crippen molar-refractivity contribution >= 4 is 11.4 Å². The molecular weight excluding hydrogens is 188 g/mol. The molecule has 15 heavy (non-hydrogen) atoms. The summed E-state index contributed by atoms with van der Waals surface area (Å²) in [6, 6.07) is 6.07. The number of nitrogen functional groups attached to an aromatic ring is 1. The fraction of sp³-hybridized carbons (Fsp3) is 0.500. The summed E-state index contributed by atoms with van der Waals surface area (Å²) in [5.41, 5.74) is 8.90. The SMILES string of the molecule is Cc1cc(N)cc(NCC2CCOC2)c1. The van der Waals surface area contributed by atoms with E-state index in [1.54, 1.807) is 0 Å². The van der Waals surface area contributed by atoms with Gasteiger partial charge in [-0.1, -0.05) is 0 Å². The van der Waals surface area contributed by atoms with Crippen molar-refractivity contribution in [2.24, 2.45) is 5.92 Å². The highest BCUT2D eigenvalue weighted by atomic mass is 16.5. The van der Waals surface area contributed by atoms with Crippen LogP contribution in [0.1, 0.15) is 12.0 Å². The molecule has 1 fully saturated rings. The Balaban J connectivity index is 1.92. The predicted molar refractivity (Wildman–Crippen MR) is 63.0 cm³/mol. The van der Waals surface area contributed by atoms with Crippen molar-refractivity contribution in [3.05, 3.63) is 23.8 Å². The standard InChI is InChI=1S/C12H18N2O/c1-9-4-11(13)6-12(5-9)14-7-10-2-3-15-8-10/h4-6,10,14H,2-3,7-8,13H2,1H3. The number of nitrogens with two attached hydrogens (primary N) is 1. The summed E-state index contributed by atoms with van der Waals surface area (Å²) in [6.45, 7) is 4.82. The molecule has 0 spiro atoms. The zero-order valence-corrected chi connectivity index (χ0v) is 9.12. The molecule has 1 aliphatic heterocycles. The van der Waals surface area contributed by atoms with Gasteiger partial charge in [-0.3, -0.25) is 0 Å². The van der Waals surface area contributed by atoms with E-state index in [4.69, 9.17) is 10.5 Å². The molecule has 2 rings (SSSR count). The number of rotatable bonds is 3. The Hall–Kier alpha value is -1.22. The van der Waals surface area contributed by atoms with Gasteiger partial charge in [-0.2, -0.15) is 0 Å². The Morgan fingerprint density at radius 3 is 3.00 bits per heavy atom. The van der Waals surface area contributed by atoms with Crippen LogP contribution in [0, 0.1) is 12.8 Å². The molecule has 0 bridgehead atoms. The van der Waals surface area contributed by atoms with E-state index < -0.39 is 0 Å². The quantitative estimate of drug-likeness (QED) is 0.744. The Morgan fingerprint density at radius 2 is 2.33 bits per heavy atom. The van der Waals surface area contributed by atoms with Crippen LogP contribution < -0.4 is 11.1 Å². The maximum absolute atomic E-state index is 5.78. The molecule has 1 aromatic rings. The molecule has 0 saturated carbocycles. The zero-order valence-electron chi connectivity index (χ0n) is 9.12. The number of aryl methyl sites for hydroxylation is 1.